The highest BCUT2D eigenvalue weighted by atomic mass is 19.4. The van der Waals surface area contributed by atoms with E-state index in [-0.39, 0.29) is 17.9 Å². The normalized spacial score (nSPS) is 18.7. The van der Waals surface area contributed by atoms with Crippen LogP contribution in [0, 0.1) is 6.92 Å². The maximum atomic E-state index is 12.2. The third kappa shape index (κ3) is 5.02. The molecule has 0 spiro atoms. The molecule has 2 amide bonds. The van der Waals surface area contributed by atoms with Crippen molar-refractivity contribution in [3.8, 4) is 5.75 Å². The van der Waals surface area contributed by atoms with Crippen molar-refractivity contribution in [2.45, 2.75) is 26.1 Å². The van der Waals surface area contributed by atoms with Gasteiger partial charge in [-0.15, -0.1) is 0 Å². The highest BCUT2D eigenvalue weighted by Crippen LogP contribution is 2.27. The molecule has 8 heteroatoms. The fraction of sp³-hybridized carbons (Fsp3) is 0.533. The van der Waals surface area contributed by atoms with E-state index in [9.17, 15) is 18.0 Å². The van der Waals surface area contributed by atoms with E-state index >= 15 is 0 Å². The molecule has 0 bridgehead atoms. The Balaban J connectivity index is 2.03. The summed E-state index contributed by atoms with van der Waals surface area (Å²) in [5, 5.41) is 2.71. The van der Waals surface area contributed by atoms with Crippen molar-refractivity contribution in [2.24, 2.45) is 0 Å². The van der Waals surface area contributed by atoms with Crippen LogP contribution in [0.2, 0.25) is 0 Å². The van der Waals surface area contributed by atoms with Crippen LogP contribution in [0.4, 0.5) is 23.7 Å². The molecule has 1 aliphatic heterocycles. The third-order valence-electron chi connectivity index (χ3n) is 3.45. The summed E-state index contributed by atoms with van der Waals surface area (Å²) in [6.45, 7) is 3.50. The predicted molar refractivity (Wildman–Crippen MR) is 78.7 cm³/mol. The quantitative estimate of drug-likeness (QED) is 0.925. The highest BCUT2D eigenvalue weighted by molar-refractivity contribution is 5.90. The Morgan fingerprint density at radius 3 is 2.87 bits per heavy atom. The summed E-state index contributed by atoms with van der Waals surface area (Å²) >= 11 is 0. The van der Waals surface area contributed by atoms with E-state index in [1.54, 1.807) is 17.9 Å². The van der Waals surface area contributed by atoms with E-state index in [0.29, 0.717) is 30.9 Å². The van der Waals surface area contributed by atoms with Gasteiger partial charge < -0.3 is 19.7 Å². The molecule has 1 unspecified atom stereocenters. The van der Waals surface area contributed by atoms with E-state index < -0.39 is 12.8 Å². The lowest BCUT2D eigenvalue weighted by molar-refractivity contribution is -0.153. The fourth-order valence-electron chi connectivity index (χ4n) is 2.26. The molecule has 0 aliphatic carbocycles. The number of nitrogens with zero attached hydrogens (tertiary/aromatic N) is 1. The number of carbonyl (C=O) groups is 1. The van der Waals surface area contributed by atoms with Crippen molar-refractivity contribution in [3.63, 3.8) is 0 Å². The fourth-order valence-corrected chi connectivity index (χ4v) is 2.26. The van der Waals surface area contributed by atoms with E-state index in [1.807, 2.05) is 6.92 Å². The molecule has 1 aromatic rings. The number of nitrogens with one attached hydrogen (secondary N) is 1. The lowest BCUT2D eigenvalue weighted by Crippen LogP contribution is -2.46. The second-order valence-electron chi connectivity index (χ2n) is 5.39. The molecule has 1 heterocycles. The molecule has 0 aromatic heterocycles. The lowest BCUT2D eigenvalue weighted by Gasteiger charge is -2.31. The summed E-state index contributed by atoms with van der Waals surface area (Å²) in [6.07, 6.45) is -4.45. The summed E-state index contributed by atoms with van der Waals surface area (Å²) in [6, 6.07) is 4.29. The summed E-state index contributed by atoms with van der Waals surface area (Å²) in [4.78, 5) is 13.8. The Morgan fingerprint density at radius 2 is 2.22 bits per heavy atom. The molecule has 1 saturated heterocycles. The van der Waals surface area contributed by atoms with E-state index in [4.69, 9.17) is 9.47 Å². The molecule has 2 rings (SSSR count). The van der Waals surface area contributed by atoms with Crippen LogP contribution in [0.15, 0.2) is 18.2 Å². The highest BCUT2D eigenvalue weighted by Gasteiger charge is 2.29. The number of anilines is 1. The first-order chi connectivity index (χ1) is 10.8. The monoisotopic (exact) mass is 332 g/mol. The Bertz CT molecular complexity index is 563. The van der Waals surface area contributed by atoms with Crippen LogP contribution in [0.1, 0.15) is 12.5 Å². The number of hydrogen-bond donors (Lipinski definition) is 1. The van der Waals surface area contributed by atoms with Crippen molar-refractivity contribution in [1.82, 2.24) is 4.90 Å². The standard InChI is InChI=1S/C15H19F3N2O3/c1-10-8-20(6-7-22-10)14(21)19-12-4-3-5-13(11(12)2)23-9-15(16,17)18/h3-5,10H,6-9H2,1-2H3,(H,19,21). The van der Waals surface area contributed by atoms with Gasteiger partial charge in [0.05, 0.1) is 12.7 Å². The first-order valence-corrected chi connectivity index (χ1v) is 7.23. The predicted octanol–water partition coefficient (Wildman–Crippen LogP) is 3.19. The Kier molecular flexibility index (Phi) is 5.35. The van der Waals surface area contributed by atoms with Crippen molar-refractivity contribution >= 4 is 11.7 Å². The largest absolute Gasteiger partial charge is 0.484 e. The topological polar surface area (TPSA) is 50.8 Å². The average molecular weight is 332 g/mol. The molecule has 0 saturated carbocycles. The smallest absolute Gasteiger partial charge is 0.422 e. The third-order valence-corrected chi connectivity index (χ3v) is 3.45. The molecule has 1 N–H and O–H groups in total. The minimum atomic E-state index is -4.41. The van der Waals surface area contributed by atoms with Gasteiger partial charge in [-0.05, 0) is 26.0 Å². The minimum absolute atomic E-state index is 0.0444. The van der Waals surface area contributed by atoms with Gasteiger partial charge in [0.1, 0.15) is 5.75 Å². The van der Waals surface area contributed by atoms with Crippen LogP contribution in [0.5, 0.6) is 5.75 Å². The van der Waals surface area contributed by atoms with Crippen LogP contribution in [0.25, 0.3) is 0 Å². The molecular weight excluding hydrogens is 313 g/mol. The molecule has 1 aromatic carbocycles. The maximum absolute atomic E-state index is 12.2. The van der Waals surface area contributed by atoms with Gasteiger partial charge in [-0.2, -0.15) is 13.2 Å². The molecule has 1 atom stereocenters. The average Bonchev–Trinajstić information content (AvgIpc) is 2.47. The second-order valence-corrected chi connectivity index (χ2v) is 5.39. The number of hydrogen-bond acceptors (Lipinski definition) is 3. The van der Waals surface area contributed by atoms with Crippen LogP contribution in [-0.4, -0.2) is 49.5 Å². The summed E-state index contributed by atoms with van der Waals surface area (Å²) in [5.41, 5.74) is 0.875. The van der Waals surface area contributed by atoms with Crippen molar-refractivity contribution in [2.75, 3.05) is 31.6 Å². The van der Waals surface area contributed by atoms with Crippen LogP contribution in [0.3, 0.4) is 0 Å². The molecular formula is C15H19F3N2O3. The van der Waals surface area contributed by atoms with Gasteiger partial charge in [0.15, 0.2) is 6.61 Å². The number of urea groups is 1. The zero-order chi connectivity index (χ0) is 17.0. The van der Waals surface area contributed by atoms with Gasteiger partial charge in [0, 0.05) is 24.3 Å². The Morgan fingerprint density at radius 1 is 1.48 bits per heavy atom. The number of benzene rings is 1. The van der Waals surface area contributed by atoms with Gasteiger partial charge >= 0.3 is 12.2 Å². The minimum Gasteiger partial charge on any atom is -0.484 e. The number of alkyl halides is 3. The summed E-state index contributed by atoms with van der Waals surface area (Å²) < 4.78 is 46.9. The van der Waals surface area contributed by atoms with E-state index in [2.05, 4.69) is 5.32 Å². The van der Waals surface area contributed by atoms with Gasteiger partial charge in [-0.1, -0.05) is 6.07 Å². The Hall–Kier alpha value is -1.96. The van der Waals surface area contributed by atoms with Gasteiger partial charge in [0.25, 0.3) is 0 Å². The molecule has 23 heavy (non-hydrogen) atoms. The molecule has 0 radical (unpaired) electrons. The van der Waals surface area contributed by atoms with Gasteiger partial charge in [0.2, 0.25) is 0 Å². The molecule has 5 nitrogen and oxygen atoms in total. The molecule has 1 fully saturated rings. The number of carbonyl (C=O) groups excluding carboxylic acids is 1. The van der Waals surface area contributed by atoms with Crippen LogP contribution in [-0.2, 0) is 4.74 Å². The van der Waals surface area contributed by atoms with Gasteiger partial charge in [-0.25, -0.2) is 4.79 Å². The Labute approximate surface area is 132 Å². The van der Waals surface area contributed by atoms with E-state index in [0.717, 1.165) is 0 Å². The number of halogens is 3. The molecule has 1 aliphatic rings. The van der Waals surface area contributed by atoms with Gasteiger partial charge in [-0.3, -0.25) is 0 Å². The molecule has 128 valence electrons. The zero-order valence-corrected chi connectivity index (χ0v) is 12.9. The van der Waals surface area contributed by atoms with Crippen molar-refractivity contribution in [3.05, 3.63) is 23.8 Å². The second kappa shape index (κ2) is 7.08. The lowest BCUT2D eigenvalue weighted by atomic mass is 10.2. The number of rotatable bonds is 3. The number of amides is 2. The summed E-state index contributed by atoms with van der Waals surface area (Å²) in [7, 11) is 0. The first kappa shape index (κ1) is 17.4. The van der Waals surface area contributed by atoms with Crippen molar-refractivity contribution < 1.29 is 27.4 Å². The number of ether oxygens (including phenoxy) is 2. The van der Waals surface area contributed by atoms with Crippen molar-refractivity contribution in [1.29, 1.82) is 0 Å². The zero-order valence-electron chi connectivity index (χ0n) is 12.9. The van der Waals surface area contributed by atoms with Crippen LogP contribution >= 0.6 is 0 Å². The number of morpholine rings is 1. The maximum Gasteiger partial charge on any atom is 0.422 e. The SMILES string of the molecule is Cc1c(NC(=O)N2CCOC(C)C2)cccc1OCC(F)(F)F. The van der Waals surface area contributed by atoms with E-state index in [1.165, 1.54) is 12.1 Å². The van der Waals surface area contributed by atoms with Crippen LogP contribution < -0.4 is 10.1 Å². The summed E-state index contributed by atoms with van der Waals surface area (Å²) in [5.74, 6) is 0.0930. The first-order valence-electron chi connectivity index (χ1n) is 7.23.